The summed E-state index contributed by atoms with van der Waals surface area (Å²) in [5, 5.41) is 2.16. The second-order valence-electron chi connectivity index (χ2n) is 17.1. The average Bonchev–Trinajstić information content (AvgIpc) is 3.82. The van der Waals surface area contributed by atoms with E-state index in [0.29, 0.717) is 0 Å². The molecule has 0 saturated heterocycles. The zero-order chi connectivity index (χ0) is 42.3. The Kier molecular flexibility index (Phi) is 12.4. The molecule has 0 aliphatic carbocycles. The Hall–Kier alpha value is -5.14. The van der Waals surface area contributed by atoms with Crippen molar-refractivity contribution in [3.63, 3.8) is 0 Å². The molecule has 5 aromatic carbocycles. The minimum absolute atomic E-state index is 0. The van der Waals surface area contributed by atoms with Gasteiger partial charge < -0.3 is 8.98 Å². The van der Waals surface area contributed by atoms with Gasteiger partial charge >= 0.3 is 120 Å². The molecule has 0 atom stereocenters. The van der Waals surface area contributed by atoms with Crippen molar-refractivity contribution in [1.82, 2.24) is 19.5 Å². The van der Waals surface area contributed by atoms with Crippen molar-refractivity contribution in [3.05, 3.63) is 163 Å². The van der Waals surface area contributed by atoms with Gasteiger partial charge in [-0.25, -0.2) is 0 Å². The van der Waals surface area contributed by atoms with Gasteiger partial charge in [0, 0.05) is 37.4 Å². The summed E-state index contributed by atoms with van der Waals surface area (Å²) in [4.78, 5) is 14.3. The first-order valence-electron chi connectivity index (χ1n) is 21.1. The Labute approximate surface area is 372 Å². The van der Waals surface area contributed by atoms with Gasteiger partial charge in [-0.1, -0.05) is 87.2 Å². The van der Waals surface area contributed by atoms with Crippen LogP contribution in [0.4, 0.5) is 0 Å². The Morgan fingerprint density at radius 3 is 2.07 bits per heavy atom. The first-order valence-corrected chi connectivity index (χ1v) is 27.9. The van der Waals surface area contributed by atoms with Crippen LogP contribution >= 0.6 is 0 Å². The van der Waals surface area contributed by atoms with E-state index in [1.165, 1.54) is 26.6 Å². The predicted octanol–water partition coefficient (Wildman–Crippen LogP) is 13.9. The quantitative estimate of drug-likeness (QED) is 0.112. The molecule has 4 aromatic heterocycles. The summed E-state index contributed by atoms with van der Waals surface area (Å²) in [6.45, 7) is 13.0. The van der Waals surface area contributed by atoms with Crippen molar-refractivity contribution < 1.29 is 25.9 Å². The molecule has 60 heavy (non-hydrogen) atoms. The Bertz CT molecular complexity index is 2930. The second-order valence-corrected chi connectivity index (χ2v) is 27.7. The minimum Gasteiger partial charge on any atom is 0 e. The van der Waals surface area contributed by atoms with Crippen LogP contribution in [0.2, 0.25) is 17.3 Å². The van der Waals surface area contributed by atoms with Crippen LogP contribution in [0.3, 0.4) is 0 Å². The third-order valence-electron chi connectivity index (χ3n) is 11.0. The molecule has 1 radical (unpaired) electrons. The molecule has 0 bridgehead atoms. The number of aromatic nitrogens is 4. The molecular formula is C53H52GeIrN4O-2. The van der Waals surface area contributed by atoms with Crippen molar-refractivity contribution in [3.8, 4) is 39.5 Å². The number of nitrogens with zero attached hydrogens (tertiary/aromatic N) is 4. The van der Waals surface area contributed by atoms with Gasteiger partial charge in [-0.3, -0.25) is 9.97 Å². The number of para-hydroxylation sites is 1. The number of imidazole rings is 1. The van der Waals surface area contributed by atoms with E-state index in [4.69, 9.17) is 10.8 Å². The number of hydrogen-bond donors (Lipinski definition) is 0. The molecule has 0 spiro atoms. The molecule has 0 unspecified atom stereocenters. The molecule has 0 aliphatic rings. The van der Waals surface area contributed by atoms with Crippen molar-refractivity contribution in [1.29, 1.82) is 0 Å². The Balaban J connectivity index is 0.000000226. The molecule has 305 valence electrons. The molecular weight excluding hydrogens is 973 g/mol. The molecule has 0 saturated carbocycles. The molecule has 4 heterocycles. The fourth-order valence-corrected chi connectivity index (χ4v) is 11.3. The third kappa shape index (κ3) is 8.43. The fourth-order valence-electron chi connectivity index (χ4n) is 7.96. The standard InChI is InChI=1S/C36H30N3O.C17H22GeN.Ir/c1-22(2)29-19-25(24-11-6-5-7-12-24)20-30(23(3)4)34(29)39-32-21-37-18-17-31(32)38-36(39)28-15-10-14-27-26-13-8-9-16-33(26)40-35(27)28;1-13(2)15-11-17(14-9-7-6-8-10-14)19-12-16(15)18(3,4)5;/h5-14,16-23H,1-4H3;6-9,11-13H,1-5H3;/q2*-1;/i;13D;. The summed E-state index contributed by atoms with van der Waals surface area (Å²) in [6, 6.07) is 46.2. The number of pyridine rings is 2. The zero-order valence-electron chi connectivity index (χ0n) is 36.9. The number of rotatable bonds is 8. The molecule has 0 amide bonds. The fraction of sp³-hybridized carbons (Fsp3) is 0.226. The van der Waals surface area contributed by atoms with Crippen LogP contribution in [0.25, 0.3) is 72.4 Å². The van der Waals surface area contributed by atoms with Gasteiger partial charge in [-0.05, 0) is 58.4 Å². The van der Waals surface area contributed by atoms with Crippen molar-refractivity contribution in [2.24, 2.45) is 0 Å². The van der Waals surface area contributed by atoms with E-state index in [9.17, 15) is 0 Å². The monoisotopic (exact) mass is 1030 g/mol. The Morgan fingerprint density at radius 1 is 0.700 bits per heavy atom. The van der Waals surface area contributed by atoms with E-state index in [-0.39, 0.29) is 31.9 Å². The largest absolute Gasteiger partial charge is 0 e. The van der Waals surface area contributed by atoms with Gasteiger partial charge in [-0.2, -0.15) is 0 Å². The second kappa shape index (κ2) is 17.8. The van der Waals surface area contributed by atoms with Gasteiger partial charge in [0.15, 0.2) is 0 Å². The first kappa shape index (κ1) is 41.6. The van der Waals surface area contributed by atoms with E-state index in [0.717, 1.165) is 66.9 Å². The first-order chi connectivity index (χ1) is 28.7. The van der Waals surface area contributed by atoms with E-state index in [1.807, 2.05) is 80.8 Å². The summed E-state index contributed by atoms with van der Waals surface area (Å²) in [6.07, 6.45) is 5.73. The molecule has 7 heteroatoms. The maximum absolute atomic E-state index is 8.44. The van der Waals surface area contributed by atoms with Crippen LogP contribution in [-0.2, 0) is 20.1 Å². The van der Waals surface area contributed by atoms with E-state index in [2.05, 4.69) is 132 Å². The predicted molar refractivity (Wildman–Crippen MR) is 250 cm³/mol. The third-order valence-corrected chi connectivity index (χ3v) is 15.2. The smallest absolute Gasteiger partial charge is 0 e. The topological polar surface area (TPSA) is 56.7 Å². The van der Waals surface area contributed by atoms with Crippen molar-refractivity contribution in [2.75, 3.05) is 0 Å². The van der Waals surface area contributed by atoms with Crippen LogP contribution in [0, 0.1) is 12.1 Å². The number of benzene rings is 5. The average molecular weight is 1030 g/mol. The molecule has 9 aromatic rings. The summed E-state index contributed by atoms with van der Waals surface area (Å²) < 4.78 is 18.5. The summed E-state index contributed by atoms with van der Waals surface area (Å²) >= 11 is -2.03. The van der Waals surface area contributed by atoms with Gasteiger partial charge in [0.1, 0.15) is 5.58 Å². The van der Waals surface area contributed by atoms with Crippen LogP contribution in [0.1, 0.15) is 77.3 Å². The molecule has 9 rings (SSSR count). The molecule has 0 N–H and O–H groups in total. The van der Waals surface area contributed by atoms with Crippen molar-refractivity contribution in [2.45, 2.75) is 76.5 Å². The molecule has 0 fully saturated rings. The van der Waals surface area contributed by atoms with Crippen LogP contribution in [0.15, 0.2) is 138 Å². The zero-order valence-corrected chi connectivity index (χ0v) is 40.4. The summed E-state index contributed by atoms with van der Waals surface area (Å²) in [7, 11) is 0. The summed E-state index contributed by atoms with van der Waals surface area (Å²) in [5.41, 5.74) is 13.5. The molecule has 5 nitrogen and oxygen atoms in total. The van der Waals surface area contributed by atoms with Crippen LogP contribution in [-0.4, -0.2) is 32.8 Å². The van der Waals surface area contributed by atoms with Gasteiger partial charge in [-0.15, -0.1) is 18.2 Å². The van der Waals surface area contributed by atoms with E-state index in [1.54, 1.807) is 6.20 Å². The van der Waals surface area contributed by atoms with Gasteiger partial charge in [0.25, 0.3) is 0 Å². The minimum atomic E-state index is -2.03. The Morgan fingerprint density at radius 2 is 1.40 bits per heavy atom. The van der Waals surface area contributed by atoms with E-state index < -0.39 is 19.2 Å². The normalized spacial score (nSPS) is 12.2. The van der Waals surface area contributed by atoms with E-state index >= 15 is 0 Å². The number of furan rings is 1. The van der Waals surface area contributed by atoms with Crippen molar-refractivity contribution >= 4 is 50.6 Å². The van der Waals surface area contributed by atoms with Crippen LogP contribution < -0.4 is 4.40 Å². The maximum atomic E-state index is 8.44. The molecule has 0 aliphatic heterocycles. The number of hydrogen-bond acceptors (Lipinski definition) is 4. The number of fused-ring (bicyclic) bond motifs is 4. The van der Waals surface area contributed by atoms with Crippen LogP contribution in [0.5, 0.6) is 0 Å². The maximum Gasteiger partial charge on any atom is 0 e. The SMILES string of the molecule is CC(C)c1cc(-c2ccccc2)cc(C(C)C)c1-n1c(-c2[c-]ccc3c2oc2ccccc23)nc2ccncc21.[2H]C(C)(C)c1cc(-c2[c-]cccc2)nc[c]1[Ge]([CH3])([CH3])[CH3].[Ir]. The van der Waals surface area contributed by atoms with Gasteiger partial charge in [0.2, 0.25) is 0 Å². The summed E-state index contributed by atoms with van der Waals surface area (Å²) in [5.74, 6) is 7.82. The van der Waals surface area contributed by atoms with Gasteiger partial charge in [0.05, 0.1) is 28.6 Å².